The third-order valence-electron chi connectivity index (χ3n) is 5.98. The van der Waals surface area contributed by atoms with Crippen molar-refractivity contribution in [2.24, 2.45) is 5.92 Å². The van der Waals surface area contributed by atoms with Gasteiger partial charge in [0.2, 0.25) is 5.89 Å². The summed E-state index contributed by atoms with van der Waals surface area (Å²) in [6.45, 7) is 3.05. The van der Waals surface area contributed by atoms with Crippen molar-refractivity contribution in [3.05, 3.63) is 53.9 Å². The van der Waals surface area contributed by atoms with E-state index in [2.05, 4.69) is 46.3 Å². The number of likely N-dealkylation sites (tertiary alicyclic amines) is 1. The van der Waals surface area contributed by atoms with Gasteiger partial charge in [-0.25, -0.2) is 4.98 Å². The van der Waals surface area contributed by atoms with E-state index in [4.69, 9.17) is 13.9 Å². The van der Waals surface area contributed by atoms with Gasteiger partial charge in [-0.1, -0.05) is 30.3 Å². The molecule has 1 atom stereocenters. The van der Waals surface area contributed by atoms with E-state index in [9.17, 15) is 5.26 Å². The SMILES string of the molecule is COc1cc2nc(C(C#N)C3CCN(CCc4ccccc4)CC3)oc2cc1OC. The number of piperidine rings is 1. The first-order chi connectivity index (χ1) is 14.7. The fourth-order valence-corrected chi connectivity index (χ4v) is 4.21. The molecular weight excluding hydrogens is 378 g/mol. The Morgan fingerprint density at radius 3 is 2.50 bits per heavy atom. The second-order valence-electron chi connectivity index (χ2n) is 7.75. The topological polar surface area (TPSA) is 71.5 Å². The molecule has 4 rings (SSSR count). The summed E-state index contributed by atoms with van der Waals surface area (Å²) in [6.07, 6.45) is 3.00. The number of benzene rings is 2. The number of methoxy groups -OCH3 is 2. The molecule has 1 saturated heterocycles. The van der Waals surface area contributed by atoms with Gasteiger partial charge in [-0.05, 0) is 43.8 Å². The van der Waals surface area contributed by atoms with E-state index in [1.807, 2.05) is 0 Å². The van der Waals surface area contributed by atoms with Gasteiger partial charge < -0.3 is 18.8 Å². The maximum absolute atomic E-state index is 9.86. The van der Waals surface area contributed by atoms with E-state index in [0.717, 1.165) is 38.9 Å². The summed E-state index contributed by atoms with van der Waals surface area (Å²) in [5.41, 5.74) is 2.67. The van der Waals surface area contributed by atoms with Crippen molar-refractivity contribution in [1.82, 2.24) is 9.88 Å². The fourth-order valence-electron chi connectivity index (χ4n) is 4.21. The monoisotopic (exact) mass is 405 g/mol. The number of ether oxygens (including phenoxy) is 2. The van der Waals surface area contributed by atoms with Crippen molar-refractivity contribution in [2.75, 3.05) is 33.9 Å². The summed E-state index contributed by atoms with van der Waals surface area (Å²) >= 11 is 0. The highest BCUT2D eigenvalue weighted by Crippen LogP contribution is 2.37. The second-order valence-corrected chi connectivity index (χ2v) is 7.75. The number of oxazole rings is 1. The smallest absolute Gasteiger partial charge is 0.213 e. The van der Waals surface area contributed by atoms with Crippen LogP contribution < -0.4 is 9.47 Å². The van der Waals surface area contributed by atoms with Crippen LogP contribution in [0.5, 0.6) is 11.5 Å². The summed E-state index contributed by atoms with van der Waals surface area (Å²) in [5, 5.41) is 9.86. The maximum Gasteiger partial charge on any atom is 0.213 e. The molecule has 0 saturated carbocycles. The zero-order chi connectivity index (χ0) is 20.9. The molecule has 6 nitrogen and oxygen atoms in total. The number of fused-ring (bicyclic) bond motifs is 1. The van der Waals surface area contributed by atoms with Gasteiger partial charge in [-0.2, -0.15) is 5.26 Å². The molecule has 0 spiro atoms. The van der Waals surface area contributed by atoms with E-state index < -0.39 is 0 Å². The molecule has 6 heteroatoms. The Morgan fingerprint density at radius 2 is 1.83 bits per heavy atom. The largest absolute Gasteiger partial charge is 0.493 e. The molecule has 0 amide bonds. The maximum atomic E-state index is 9.86. The molecule has 0 N–H and O–H groups in total. The molecule has 2 aromatic carbocycles. The van der Waals surface area contributed by atoms with Crippen molar-refractivity contribution in [2.45, 2.75) is 25.2 Å². The fraction of sp³-hybridized carbons (Fsp3) is 0.417. The van der Waals surface area contributed by atoms with E-state index in [0.29, 0.717) is 28.5 Å². The average Bonchev–Trinajstić information content (AvgIpc) is 3.21. The van der Waals surface area contributed by atoms with Crippen LogP contribution in [-0.4, -0.2) is 43.7 Å². The first-order valence-corrected chi connectivity index (χ1v) is 10.4. The molecule has 30 heavy (non-hydrogen) atoms. The van der Waals surface area contributed by atoms with Crippen LogP contribution >= 0.6 is 0 Å². The van der Waals surface area contributed by atoms with Gasteiger partial charge in [-0.3, -0.25) is 0 Å². The molecule has 1 aromatic heterocycles. The van der Waals surface area contributed by atoms with E-state index >= 15 is 0 Å². The standard InChI is InChI=1S/C24H27N3O3/c1-28-22-14-20-21(15-23(22)29-2)30-24(26-20)19(16-25)18-9-12-27(13-10-18)11-8-17-6-4-3-5-7-17/h3-7,14-15,18-19H,8-13H2,1-2H3. The first-order valence-electron chi connectivity index (χ1n) is 10.4. The zero-order valence-electron chi connectivity index (χ0n) is 17.5. The summed E-state index contributed by atoms with van der Waals surface area (Å²) < 4.78 is 16.7. The van der Waals surface area contributed by atoms with Gasteiger partial charge in [-0.15, -0.1) is 0 Å². The van der Waals surface area contributed by atoms with Gasteiger partial charge >= 0.3 is 0 Å². The summed E-state index contributed by atoms with van der Waals surface area (Å²) in [6, 6.07) is 16.6. The average molecular weight is 405 g/mol. The van der Waals surface area contributed by atoms with E-state index in [1.165, 1.54) is 5.56 Å². The van der Waals surface area contributed by atoms with Crippen LogP contribution in [-0.2, 0) is 6.42 Å². The number of rotatable bonds is 7. The van der Waals surface area contributed by atoms with Crippen molar-refractivity contribution in [3.63, 3.8) is 0 Å². The van der Waals surface area contributed by atoms with Gasteiger partial charge in [0.15, 0.2) is 17.1 Å². The molecule has 2 heterocycles. The number of aromatic nitrogens is 1. The van der Waals surface area contributed by atoms with Gasteiger partial charge in [0.25, 0.3) is 0 Å². The van der Waals surface area contributed by atoms with Crippen molar-refractivity contribution in [3.8, 4) is 17.6 Å². The van der Waals surface area contributed by atoms with Crippen LogP contribution in [0.3, 0.4) is 0 Å². The van der Waals surface area contributed by atoms with Crippen molar-refractivity contribution >= 4 is 11.1 Å². The van der Waals surface area contributed by atoms with Gasteiger partial charge in [0.05, 0.1) is 20.3 Å². The molecule has 0 aliphatic carbocycles. The number of hydrogen-bond donors (Lipinski definition) is 0. The normalized spacial score (nSPS) is 16.3. The van der Waals surface area contributed by atoms with Crippen LogP contribution in [0, 0.1) is 17.2 Å². The van der Waals surface area contributed by atoms with Crippen molar-refractivity contribution in [1.29, 1.82) is 5.26 Å². The van der Waals surface area contributed by atoms with Crippen LogP contribution in [0.2, 0.25) is 0 Å². The third-order valence-corrected chi connectivity index (χ3v) is 5.98. The van der Waals surface area contributed by atoms with E-state index in [1.54, 1.807) is 26.4 Å². The molecule has 1 fully saturated rings. The number of nitrogens with zero attached hydrogens (tertiary/aromatic N) is 3. The zero-order valence-corrected chi connectivity index (χ0v) is 17.5. The minimum atomic E-state index is -0.342. The molecular formula is C24H27N3O3. The highest BCUT2D eigenvalue weighted by molar-refractivity contribution is 5.77. The Labute approximate surface area is 177 Å². The summed E-state index contributed by atoms with van der Waals surface area (Å²) in [7, 11) is 3.18. The molecule has 1 aliphatic rings. The van der Waals surface area contributed by atoms with Crippen LogP contribution in [0.4, 0.5) is 0 Å². The predicted octanol–water partition coefficient (Wildman–Crippen LogP) is 4.41. The van der Waals surface area contributed by atoms with Crippen LogP contribution in [0.1, 0.15) is 30.2 Å². The molecule has 156 valence electrons. The first kappa shape index (κ1) is 20.2. The number of nitriles is 1. The van der Waals surface area contributed by atoms with Gasteiger partial charge in [0.1, 0.15) is 11.4 Å². The lowest BCUT2D eigenvalue weighted by Crippen LogP contribution is -2.36. The number of hydrogen-bond acceptors (Lipinski definition) is 6. The van der Waals surface area contributed by atoms with Gasteiger partial charge in [0, 0.05) is 18.7 Å². The Hall–Kier alpha value is -3.04. The Morgan fingerprint density at radius 1 is 1.13 bits per heavy atom. The lowest BCUT2D eigenvalue weighted by Gasteiger charge is -2.33. The Balaban J connectivity index is 1.41. The minimum Gasteiger partial charge on any atom is -0.493 e. The highest BCUT2D eigenvalue weighted by atomic mass is 16.5. The third kappa shape index (κ3) is 4.27. The lowest BCUT2D eigenvalue weighted by molar-refractivity contribution is 0.174. The highest BCUT2D eigenvalue weighted by Gasteiger charge is 2.31. The molecule has 0 radical (unpaired) electrons. The van der Waals surface area contributed by atoms with E-state index in [-0.39, 0.29) is 11.8 Å². The lowest BCUT2D eigenvalue weighted by atomic mass is 9.85. The minimum absolute atomic E-state index is 0.250. The van der Waals surface area contributed by atoms with Crippen LogP contribution in [0.15, 0.2) is 46.9 Å². The van der Waals surface area contributed by atoms with Crippen LogP contribution in [0.25, 0.3) is 11.1 Å². The Bertz CT molecular complexity index is 976. The molecule has 1 aliphatic heterocycles. The predicted molar refractivity (Wildman–Crippen MR) is 115 cm³/mol. The summed E-state index contributed by atoms with van der Waals surface area (Å²) in [5.74, 6) is 1.59. The molecule has 0 bridgehead atoms. The Kier molecular flexibility index (Phi) is 6.20. The second kappa shape index (κ2) is 9.19. The molecule has 1 unspecified atom stereocenters. The molecule has 3 aromatic rings. The summed E-state index contributed by atoms with van der Waals surface area (Å²) in [4.78, 5) is 7.09. The quantitative estimate of drug-likeness (QED) is 0.580. The van der Waals surface area contributed by atoms with Crippen molar-refractivity contribution < 1.29 is 13.9 Å².